The van der Waals surface area contributed by atoms with Gasteiger partial charge in [-0.05, 0) is 37.1 Å². The Kier molecular flexibility index (Phi) is 4.71. The fourth-order valence-corrected chi connectivity index (χ4v) is 4.15. The molecule has 0 aliphatic carbocycles. The molecule has 4 aromatic rings. The molecule has 0 saturated carbocycles. The summed E-state index contributed by atoms with van der Waals surface area (Å²) in [5, 5.41) is 4.89. The number of benzene rings is 2. The minimum atomic E-state index is -0.152. The van der Waals surface area contributed by atoms with Crippen LogP contribution in [0.25, 0.3) is 16.7 Å². The van der Waals surface area contributed by atoms with E-state index in [1.165, 1.54) is 5.69 Å². The Morgan fingerprint density at radius 1 is 1.00 bits per heavy atom. The average Bonchev–Trinajstić information content (AvgIpc) is 3.24. The van der Waals surface area contributed by atoms with Crippen molar-refractivity contribution in [1.82, 2.24) is 19.7 Å². The molecule has 0 atom stereocenters. The topological polar surface area (TPSA) is 70.1 Å². The number of fused-ring (bicyclic) bond motifs is 1. The van der Waals surface area contributed by atoms with Gasteiger partial charge in [-0.2, -0.15) is 10.1 Å². The van der Waals surface area contributed by atoms with Crippen LogP contribution in [0.3, 0.4) is 0 Å². The van der Waals surface area contributed by atoms with Crippen LogP contribution < -0.4 is 15.4 Å². The highest BCUT2D eigenvalue weighted by atomic mass is 16.1. The van der Waals surface area contributed by atoms with Crippen molar-refractivity contribution in [2.24, 2.45) is 0 Å². The first-order valence-electron chi connectivity index (χ1n) is 10.3. The molecule has 1 saturated heterocycles. The fraction of sp³-hybridized carbons (Fsp3) is 0.261. The Balaban J connectivity index is 1.39. The molecule has 1 aliphatic heterocycles. The predicted octanol–water partition coefficient (Wildman–Crippen LogP) is 3.21. The first kappa shape index (κ1) is 18.4. The largest absolute Gasteiger partial charge is 0.371 e. The Morgan fingerprint density at radius 3 is 2.37 bits per heavy atom. The van der Waals surface area contributed by atoms with Crippen molar-refractivity contribution < 1.29 is 0 Å². The Bertz CT molecular complexity index is 1190. The summed E-state index contributed by atoms with van der Waals surface area (Å²) in [5.41, 5.74) is 2.56. The lowest BCUT2D eigenvalue weighted by Gasteiger charge is -2.38. The van der Waals surface area contributed by atoms with E-state index in [2.05, 4.69) is 51.2 Å². The molecule has 1 fully saturated rings. The number of para-hydroxylation sites is 2. The number of hydrogen-bond acceptors (Lipinski definition) is 5. The fourth-order valence-electron chi connectivity index (χ4n) is 4.15. The van der Waals surface area contributed by atoms with E-state index >= 15 is 0 Å². The van der Waals surface area contributed by atoms with Crippen LogP contribution in [0.1, 0.15) is 12.8 Å². The number of aromatic amines is 1. The van der Waals surface area contributed by atoms with Gasteiger partial charge in [-0.1, -0.05) is 36.4 Å². The molecule has 1 N–H and O–H groups in total. The number of nitrogens with zero attached hydrogens (tertiary/aromatic N) is 5. The van der Waals surface area contributed by atoms with E-state index < -0.39 is 0 Å². The molecule has 5 rings (SSSR count). The molecular formula is C23H24N6O. The Labute approximate surface area is 174 Å². The van der Waals surface area contributed by atoms with Crippen molar-refractivity contribution in [3.63, 3.8) is 0 Å². The molecule has 2 aromatic heterocycles. The second-order valence-corrected chi connectivity index (χ2v) is 7.68. The van der Waals surface area contributed by atoms with Gasteiger partial charge >= 0.3 is 0 Å². The second kappa shape index (κ2) is 7.67. The van der Waals surface area contributed by atoms with Crippen LogP contribution in [0, 0.1) is 0 Å². The molecule has 0 unspecified atom stereocenters. The number of rotatable bonds is 4. The van der Waals surface area contributed by atoms with Crippen LogP contribution in [-0.2, 0) is 0 Å². The summed E-state index contributed by atoms with van der Waals surface area (Å²) in [6.07, 6.45) is 3.59. The highest BCUT2D eigenvalue weighted by molar-refractivity contribution is 5.76. The minimum absolute atomic E-state index is 0.152. The molecule has 2 aromatic carbocycles. The third-order valence-corrected chi connectivity index (χ3v) is 5.90. The number of hydrogen-bond donors (Lipinski definition) is 1. The summed E-state index contributed by atoms with van der Waals surface area (Å²) in [7, 11) is 2.15. The van der Waals surface area contributed by atoms with Gasteiger partial charge < -0.3 is 9.80 Å². The minimum Gasteiger partial charge on any atom is -0.371 e. The Morgan fingerprint density at radius 2 is 1.67 bits per heavy atom. The third-order valence-electron chi connectivity index (χ3n) is 5.90. The van der Waals surface area contributed by atoms with Crippen molar-refractivity contribution in [3.05, 3.63) is 77.2 Å². The molecule has 152 valence electrons. The average molecular weight is 400 g/mol. The molecule has 0 radical (unpaired) electrons. The number of H-pyrrole nitrogens is 1. The van der Waals surface area contributed by atoms with Gasteiger partial charge in [0.1, 0.15) is 5.39 Å². The lowest BCUT2D eigenvalue weighted by molar-refractivity contribution is 0.478. The summed E-state index contributed by atoms with van der Waals surface area (Å²) in [6.45, 7) is 1.69. The van der Waals surface area contributed by atoms with Gasteiger partial charge in [0, 0.05) is 31.9 Å². The summed E-state index contributed by atoms with van der Waals surface area (Å²) < 4.78 is 1.73. The summed E-state index contributed by atoms with van der Waals surface area (Å²) >= 11 is 0. The van der Waals surface area contributed by atoms with E-state index in [1.807, 2.05) is 36.4 Å². The molecule has 7 nitrogen and oxygen atoms in total. The van der Waals surface area contributed by atoms with Crippen LogP contribution in [0.15, 0.2) is 71.7 Å². The summed E-state index contributed by atoms with van der Waals surface area (Å²) in [4.78, 5) is 24.9. The van der Waals surface area contributed by atoms with Gasteiger partial charge in [0.25, 0.3) is 5.56 Å². The van der Waals surface area contributed by atoms with Crippen LogP contribution in [0.5, 0.6) is 0 Å². The molecule has 7 heteroatoms. The van der Waals surface area contributed by atoms with Gasteiger partial charge in [0.05, 0.1) is 11.9 Å². The van der Waals surface area contributed by atoms with E-state index in [9.17, 15) is 4.79 Å². The zero-order valence-electron chi connectivity index (χ0n) is 16.9. The number of aromatic nitrogens is 4. The maximum Gasteiger partial charge on any atom is 0.263 e. The van der Waals surface area contributed by atoms with E-state index in [0.29, 0.717) is 23.0 Å². The van der Waals surface area contributed by atoms with Crippen molar-refractivity contribution in [3.8, 4) is 5.69 Å². The van der Waals surface area contributed by atoms with Crippen molar-refractivity contribution in [1.29, 1.82) is 0 Å². The van der Waals surface area contributed by atoms with E-state index in [-0.39, 0.29) is 5.56 Å². The van der Waals surface area contributed by atoms with Crippen LogP contribution in [0.4, 0.5) is 11.6 Å². The maximum atomic E-state index is 12.7. The van der Waals surface area contributed by atoms with Gasteiger partial charge in [-0.3, -0.25) is 9.78 Å². The standard InChI is InChI=1S/C23H24N6O/c1-27(17-8-4-2-5-9-17)18-12-14-28(15-13-18)23-25-21-20(22(30)26-23)16-24-29(21)19-10-6-3-7-11-19/h2-11,16,18H,12-15H2,1H3,(H,25,26,30). The lowest BCUT2D eigenvalue weighted by Crippen LogP contribution is -2.44. The predicted molar refractivity (Wildman–Crippen MR) is 120 cm³/mol. The van der Waals surface area contributed by atoms with Gasteiger partial charge in [-0.15, -0.1) is 0 Å². The first-order valence-corrected chi connectivity index (χ1v) is 10.3. The normalized spacial score (nSPS) is 14.9. The molecule has 1 aliphatic rings. The first-order chi connectivity index (χ1) is 14.7. The smallest absolute Gasteiger partial charge is 0.263 e. The van der Waals surface area contributed by atoms with Crippen LogP contribution in [-0.4, -0.2) is 45.9 Å². The SMILES string of the molecule is CN(c1ccccc1)C1CCN(c2nc3c(cnn3-c3ccccc3)c(=O)[nH]2)CC1. The quantitative estimate of drug-likeness (QED) is 0.570. The van der Waals surface area contributed by atoms with E-state index in [0.717, 1.165) is 31.6 Å². The van der Waals surface area contributed by atoms with Crippen molar-refractivity contribution in [2.75, 3.05) is 29.9 Å². The van der Waals surface area contributed by atoms with Crippen LogP contribution >= 0.6 is 0 Å². The van der Waals surface area contributed by atoms with Gasteiger partial charge in [0.15, 0.2) is 5.65 Å². The van der Waals surface area contributed by atoms with Gasteiger partial charge in [-0.25, -0.2) is 4.68 Å². The van der Waals surface area contributed by atoms with Crippen molar-refractivity contribution >= 4 is 22.7 Å². The van der Waals surface area contributed by atoms with Gasteiger partial charge in [0.2, 0.25) is 5.95 Å². The monoisotopic (exact) mass is 400 g/mol. The van der Waals surface area contributed by atoms with E-state index in [1.54, 1.807) is 10.9 Å². The second-order valence-electron chi connectivity index (χ2n) is 7.68. The highest BCUT2D eigenvalue weighted by Crippen LogP contribution is 2.24. The number of piperidine rings is 1. The molecule has 0 spiro atoms. The molecule has 0 amide bonds. The molecule has 0 bridgehead atoms. The number of anilines is 2. The zero-order chi connectivity index (χ0) is 20.5. The number of nitrogens with one attached hydrogen (secondary N) is 1. The molecular weight excluding hydrogens is 376 g/mol. The summed E-state index contributed by atoms with van der Waals surface area (Å²) in [5.74, 6) is 0.617. The van der Waals surface area contributed by atoms with Crippen molar-refractivity contribution in [2.45, 2.75) is 18.9 Å². The third kappa shape index (κ3) is 3.32. The Hall–Kier alpha value is -3.61. The zero-order valence-corrected chi connectivity index (χ0v) is 16.9. The molecule has 3 heterocycles. The maximum absolute atomic E-state index is 12.7. The highest BCUT2D eigenvalue weighted by Gasteiger charge is 2.25. The van der Waals surface area contributed by atoms with E-state index in [4.69, 9.17) is 4.98 Å². The lowest BCUT2D eigenvalue weighted by atomic mass is 10.0. The summed E-state index contributed by atoms with van der Waals surface area (Å²) in [6, 6.07) is 20.7. The molecule has 30 heavy (non-hydrogen) atoms. The van der Waals surface area contributed by atoms with Crippen LogP contribution in [0.2, 0.25) is 0 Å².